The summed E-state index contributed by atoms with van der Waals surface area (Å²) in [5.41, 5.74) is 4.12. The van der Waals surface area contributed by atoms with E-state index in [4.69, 9.17) is 14.7 Å². The zero-order valence-electron chi connectivity index (χ0n) is 16.9. The number of nitrogens with one attached hydrogen (secondary N) is 2. The molecule has 1 aliphatic heterocycles. The maximum absolute atomic E-state index is 5.43. The molecule has 2 N–H and O–H groups in total. The first-order chi connectivity index (χ1) is 14.7. The Balaban J connectivity index is 1.34. The summed E-state index contributed by atoms with van der Waals surface area (Å²) in [5, 5.41) is 12.0. The van der Waals surface area contributed by atoms with Gasteiger partial charge in [-0.1, -0.05) is 17.4 Å². The van der Waals surface area contributed by atoms with Gasteiger partial charge in [0.25, 0.3) is 0 Å². The summed E-state index contributed by atoms with van der Waals surface area (Å²) in [4.78, 5) is 14.0. The second-order valence-electron chi connectivity index (χ2n) is 7.44. The molecule has 0 bridgehead atoms. The van der Waals surface area contributed by atoms with E-state index in [1.54, 1.807) is 17.5 Å². The molecular weight excluding hydrogens is 398 g/mol. The molecule has 0 amide bonds. The van der Waals surface area contributed by atoms with Gasteiger partial charge < -0.3 is 15.4 Å². The van der Waals surface area contributed by atoms with Crippen molar-refractivity contribution < 1.29 is 4.74 Å². The van der Waals surface area contributed by atoms with Crippen LogP contribution in [-0.2, 0) is 11.3 Å². The molecule has 1 aliphatic rings. The van der Waals surface area contributed by atoms with Crippen molar-refractivity contribution in [1.29, 1.82) is 0 Å². The van der Waals surface area contributed by atoms with E-state index in [0.29, 0.717) is 6.04 Å². The van der Waals surface area contributed by atoms with Crippen LogP contribution < -0.4 is 10.6 Å². The smallest absolute Gasteiger partial charge is 0.211 e. The zero-order chi connectivity index (χ0) is 20.5. The van der Waals surface area contributed by atoms with E-state index in [0.717, 1.165) is 70.1 Å². The summed E-state index contributed by atoms with van der Waals surface area (Å²) in [6, 6.07) is 8.38. The van der Waals surface area contributed by atoms with Gasteiger partial charge in [0.1, 0.15) is 11.6 Å². The van der Waals surface area contributed by atoms with Crippen molar-refractivity contribution in [2.24, 2.45) is 0 Å². The predicted octanol–water partition coefficient (Wildman–Crippen LogP) is 3.51. The second kappa shape index (κ2) is 8.10. The highest BCUT2D eigenvalue weighted by Crippen LogP contribution is 2.27. The lowest BCUT2D eigenvalue weighted by atomic mass is 10.2. The Bertz CT molecular complexity index is 1180. The quantitative estimate of drug-likeness (QED) is 0.492. The van der Waals surface area contributed by atoms with Gasteiger partial charge in [0.15, 0.2) is 0 Å². The SMILES string of the molecule is Cc1ccc(Nc2cc3nc(-n4nccc4C)sc3cn2)nc1CN[C@H]1CCOC1. The standard InChI is InChI=1S/C21H23N7OS/c1-13-3-4-19(25-17(13)10-22-15-6-8-29-12-15)27-20-9-16-18(11-23-20)30-21(26-16)28-14(2)5-7-24-28/h3-5,7,9,11,15,22H,6,8,10,12H2,1-2H3,(H,23,25,27)/t15-/m0/s1. The monoisotopic (exact) mass is 421 g/mol. The Morgan fingerprint density at radius 1 is 1.20 bits per heavy atom. The van der Waals surface area contributed by atoms with Crippen LogP contribution in [0.1, 0.15) is 23.4 Å². The number of aryl methyl sites for hydroxylation is 2. The predicted molar refractivity (Wildman–Crippen MR) is 118 cm³/mol. The summed E-state index contributed by atoms with van der Waals surface area (Å²) >= 11 is 1.57. The van der Waals surface area contributed by atoms with Crippen LogP contribution in [0.3, 0.4) is 0 Å². The molecular formula is C21H23N7OS. The molecule has 30 heavy (non-hydrogen) atoms. The van der Waals surface area contributed by atoms with Gasteiger partial charge in [-0.3, -0.25) is 0 Å². The number of nitrogens with zero attached hydrogens (tertiary/aromatic N) is 5. The fourth-order valence-corrected chi connectivity index (χ4v) is 4.37. The largest absolute Gasteiger partial charge is 0.380 e. The molecule has 4 aromatic rings. The Hall–Kier alpha value is -2.88. The highest BCUT2D eigenvalue weighted by Gasteiger charge is 2.15. The highest BCUT2D eigenvalue weighted by molar-refractivity contribution is 7.20. The molecule has 1 fully saturated rings. The van der Waals surface area contributed by atoms with Crippen LogP contribution in [0.2, 0.25) is 0 Å². The summed E-state index contributed by atoms with van der Waals surface area (Å²) in [6.45, 7) is 6.42. The van der Waals surface area contributed by atoms with E-state index < -0.39 is 0 Å². The molecule has 1 atom stereocenters. The molecule has 4 aromatic heterocycles. The van der Waals surface area contributed by atoms with E-state index in [2.05, 4.69) is 33.7 Å². The topological polar surface area (TPSA) is 89.8 Å². The van der Waals surface area contributed by atoms with E-state index in [-0.39, 0.29) is 0 Å². The molecule has 8 nitrogen and oxygen atoms in total. The number of pyridine rings is 2. The number of thiazole rings is 1. The molecule has 1 saturated heterocycles. The highest BCUT2D eigenvalue weighted by atomic mass is 32.1. The molecule has 0 spiro atoms. The molecule has 9 heteroatoms. The number of hydrogen-bond acceptors (Lipinski definition) is 8. The average molecular weight is 422 g/mol. The lowest BCUT2D eigenvalue weighted by molar-refractivity contribution is 0.189. The van der Waals surface area contributed by atoms with Crippen molar-refractivity contribution >= 4 is 33.2 Å². The maximum atomic E-state index is 5.43. The maximum Gasteiger partial charge on any atom is 0.211 e. The molecule has 0 radical (unpaired) electrons. The van der Waals surface area contributed by atoms with Crippen LogP contribution in [0.4, 0.5) is 11.6 Å². The summed E-state index contributed by atoms with van der Waals surface area (Å²) in [6.07, 6.45) is 4.67. The van der Waals surface area contributed by atoms with Crippen molar-refractivity contribution in [1.82, 2.24) is 30.0 Å². The molecule has 0 unspecified atom stereocenters. The third kappa shape index (κ3) is 3.91. The number of fused-ring (bicyclic) bond motifs is 1. The van der Waals surface area contributed by atoms with Gasteiger partial charge in [-0.25, -0.2) is 19.6 Å². The number of ether oxygens (including phenoxy) is 1. The minimum absolute atomic E-state index is 0.407. The molecule has 0 saturated carbocycles. The summed E-state index contributed by atoms with van der Waals surface area (Å²) in [7, 11) is 0. The van der Waals surface area contributed by atoms with Crippen molar-refractivity contribution in [2.45, 2.75) is 32.9 Å². The number of rotatable bonds is 6. The van der Waals surface area contributed by atoms with Crippen LogP contribution in [-0.4, -0.2) is 44.0 Å². The van der Waals surface area contributed by atoms with Gasteiger partial charge in [-0.2, -0.15) is 5.10 Å². The Kier molecular flexibility index (Phi) is 5.16. The number of aromatic nitrogens is 5. The van der Waals surface area contributed by atoms with E-state index in [9.17, 15) is 0 Å². The van der Waals surface area contributed by atoms with Crippen LogP contribution in [0.15, 0.2) is 36.7 Å². The Morgan fingerprint density at radius 2 is 2.13 bits per heavy atom. The van der Waals surface area contributed by atoms with E-state index in [1.165, 1.54) is 0 Å². The van der Waals surface area contributed by atoms with E-state index in [1.807, 2.05) is 36.0 Å². The molecule has 5 rings (SSSR count). The second-order valence-corrected chi connectivity index (χ2v) is 8.45. The molecule has 0 aliphatic carbocycles. The minimum Gasteiger partial charge on any atom is -0.380 e. The van der Waals surface area contributed by atoms with Crippen LogP contribution >= 0.6 is 11.3 Å². The number of hydrogen-bond donors (Lipinski definition) is 2. The van der Waals surface area contributed by atoms with Crippen molar-refractivity contribution in [3.8, 4) is 5.13 Å². The van der Waals surface area contributed by atoms with Gasteiger partial charge in [-0.15, -0.1) is 0 Å². The molecule has 0 aromatic carbocycles. The van der Waals surface area contributed by atoms with Crippen LogP contribution in [0.5, 0.6) is 0 Å². The van der Waals surface area contributed by atoms with Crippen molar-refractivity contribution in [3.05, 3.63) is 53.6 Å². The fourth-order valence-electron chi connectivity index (χ4n) is 3.44. The zero-order valence-corrected chi connectivity index (χ0v) is 17.7. The van der Waals surface area contributed by atoms with Gasteiger partial charge in [0.2, 0.25) is 5.13 Å². The lowest BCUT2D eigenvalue weighted by Gasteiger charge is -2.13. The molecule has 5 heterocycles. The molecule has 154 valence electrons. The van der Waals surface area contributed by atoms with Crippen LogP contribution in [0.25, 0.3) is 15.3 Å². The number of anilines is 2. The Morgan fingerprint density at radius 3 is 2.93 bits per heavy atom. The first-order valence-electron chi connectivity index (χ1n) is 9.98. The Labute approximate surface area is 178 Å². The first kappa shape index (κ1) is 19.1. The first-order valence-corrected chi connectivity index (χ1v) is 10.8. The van der Waals surface area contributed by atoms with E-state index >= 15 is 0 Å². The third-order valence-corrected chi connectivity index (χ3v) is 6.20. The van der Waals surface area contributed by atoms with Gasteiger partial charge in [0.05, 0.1) is 22.5 Å². The normalized spacial score (nSPS) is 16.4. The van der Waals surface area contributed by atoms with Gasteiger partial charge >= 0.3 is 0 Å². The van der Waals surface area contributed by atoms with Crippen LogP contribution in [0, 0.1) is 13.8 Å². The summed E-state index contributed by atoms with van der Waals surface area (Å²) < 4.78 is 8.29. The van der Waals surface area contributed by atoms with Gasteiger partial charge in [-0.05, 0) is 38.0 Å². The minimum atomic E-state index is 0.407. The summed E-state index contributed by atoms with van der Waals surface area (Å²) in [5.74, 6) is 1.49. The average Bonchev–Trinajstić information content (AvgIpc) is 3.48. The lowest BCUT2D eigenvalue weighted by Crippen LogP contribution is -2.29. The van der Waals surface area contributed by atoms with Crippen molar-refractivity contribution in [2.75, 3.05) is 18.5 Å². The fraction of sp³-hybridized carbons (Fsp3) is 0.333. The van der Waals surface area contributed by atoms with Crippen molar-refractivity contribution in [3.63, 3.8) is 0 Å². The third-order valence-electron chi connectivity index (χ3n) is 5.22. The van der Waals surface area contributed by atoms with Gasteiger partial charge in [0, 0.05) is 43.3 Å².